The molecule has 0 atom stereocenters. The SMILES string of the molecule is Cc1ccc(OCCCCNC(=O)CC2(CN)CCCCC2)cc1.Cl. The van der Waals surface area contributed by atoms with Gasteiger partial charge in [0.2, 0.25) is 5.91 Å². The number of amides is 1. The highest BCUT2D eigenvalue weighted by Gasteiger charge is 2.32. The van der Waals surface area contributed by atoms with E-state index < -0.39 is 0 Å². The zero-order valence-corrected chi connectivity index (χ0v) is 16.2. The number of hydrogen-bond donors (Lipinski definition) is 2. The molecule has 0 spiro atoms. The summed E-state index contributed by atoms with van der Waals surface area (Å²) >= 11 is 0. The third kappa shape index (κ3) is 7.66. The number of unbranched alkanes of at least 4 members (excludes halogenated alkanes) is 1. The lowest BCUT2D eigenvalue weighted by atomic mass is 9.71. The van der Waals surface area contributed by atoms with Crippen LogP contribution in [0.3, 0.4) is 0 Å². The van der Waals surface area contributed by atoms with Crippen LogP contribution in [0.15, 0.2) is 24.3 Å². The molecule has 142 valence electrons. The standard InChI is InChI=1S/C20H32N2O2.ClH/c1-17-7-9-18(10-8-17)24-14-6-5-13-22-19(23)15-20(16-21)11-3-2-4-12-20;/h7-10H,2-6,11-16,21H2,1H3,(H,22,23);1H. The summed E-state index contributed by atoms with van der Waals surface area (Å²) in [6.07, 6.45) is 8.36. The minimum atomic E-state index is 0. The predicted molar refractivity (Wildman–Crippen MR) is 105 cm³/mol. The third-order valence-corrected chi connectivity index (χ3v) is 5.07. The molecule has 1 fully saturated rings. The largest absolute Gasteiger partial charge is 0.494 e. The Morgan fingerprint density at radius 1 is 1.16 bits per heavy atom. The second-order valence-corrected chi connectivity index (χ2v) is 7.16. The average Bonchev–Trinajstić information content (AvgIpc) is 2.60. The molecule has 0 aliphatic heterocycles. The van der Waals surface area contributed by atoms with Gasteiger partial charge in [-0.15, -0.1) is 12.4 Å². The van der Waals surface area contributed by atoms with Crippen molar-refractivity contribution >= 4 is 18.3 Å². The lowest BCUT2D eigenvalue weighted by Gasteiger charge is -2.35. The van der Waals surface area contributed by atoms with Crippen molar-refractivity contribution in [1.29, 1.82) is 0 Å². The van der Waals surface area contributed by atoms with Crippen LogP contribution in [0.5, 0.6) is 5.75 Å². The summed E-state index contributed by atoms with van der Waals surface area (Å²) < 4.78 is 5.69. The smallest absolute Gasteiger partial charge is 0.220 e. The van der Waals surface area contributed by atoms with Crippen molar-refractivity contribution in [2.75, 3.05) is 19.7 Å². The van der Waals surface area contributed by atoms with E-state index in [0.29, 0.717) is 19.6 Å². The molecule has 3 N–H and O–H groups in total. The van der Waals surface area contributed by atoms with Crippen molar-refractivity contribution in [1.82, 2.24) is 5.32 Å². The van der Waals surface area contributed by atoms with E-state index in [1.165, 1.54) is 24.8 Å². The molecule has 4 nitrogen and oxygen atoms in total. The number of benzene rings is 1. The van der Waals surface area contributed by atoms with E-state index in [1.54, 1.807) is 0 Å². The van der Waals surface area contributed by atoms with Crippen LogP contribution in [0.1, 0.15) is 56.9 Å². The molecule has 1 saturated carbocycles. The Kier molecular flexibility index (Phi) is 9.91. The Morgan fingerprint density at radius 3 is 2.48 bits per heavy atom. The summed E-state index contributed by atoms with van der Waals surface area (Å²) in [6, 6.07) is 8.09. The number of aryl methyl sites for hydroxylation is 1. The summed E-state index contributed by atoms with van der Waals surface area (Å²) in [4.78, 5) is 12.2. The minimum Gasteiger partial charge on any atom is -0.494 e. The summed E-state index contributed by atoms with van der Waals surface area (Å²) in [7, 11) is 0. The number of nitrogens with two attached hydrogens (primary N) is 1. The van der Waals surface area contributed by atoms with E-state index in [0.717, 1.165) is 38.0 Å². The van der Waals surface area contributed by atoms with Crippen LogP contribution in [-0.2, 0) is 4.79 Å². The van der Waals surface area contributed by atoms with Crippen molar-refractivity contribution < 1.29 is 9.53 Å². The molecule has 0 bridgehead atoms. The Hall–Kier alpha value is -1.26. The number of hydrogen-bond acceptors (Lipinski definition) is 3. The molecule has 1 aromatic rings. The highest BCUT2D eigenvalue weighted by Crippen LogP contribution is 2.38. The molecule has 0 radical (unpaired) electrons. The van der Waals surface area contributed by atoms with Crippen LogP contribution in [-0.4, -0.2) is 25.6 Å². The molecular formula is C20H33ClN2O2. The average molecular weight is 369 g/mol. The van der Waals surface area contributed by atoms with Crippen molar-refractivity contribution in [2.45, 2.75) is 58.3 Å². The zero-order chi connectivity index (χ0) is 17.3. The number of ether oxygens (including phenoxy) is 1. The third-order valence-electron chi connectivity index (χ3n) is 5.07. The second kappa shape index (κ2) is 11.4. The summed E-state index contributed by atoms with van der Waals surface area (Å²) in [5, 5.41) is 3.05. The summed E-state index contributed by atoms with van der Waals surface area (Å²) in [6.45, 7) is 4.10. The van der Waals surface area contributed by atoms with E-state index >= 15 is 0 Å². The zero-order valence-electron chi connectivity index (χ0n) is 15.4. The number of rotatable bonds is 9. The van der Waals surface area contributed by atoms with E-state index in [-0.39, 0.29) is 23.7 Å². The van der Waals surface area contributed by atoms with Crippen LogP contribution in [0, 0.1) is 12.3 Å². The fourth-order valence-corrected chi connectivity index (χ4v) is 3.44. The first kappa shape index (κ1) is 21.8. The van der Waals surface area contributed by atoms with Gasteiger partial charge in [0.25, 0.3) is 0 Å². The lowest BCUT2D eigenvalue weighted by Crippen LogP contribution is -2.38. The van der Waals surface area contributed by atoms with Gasteiger partial charge < -0.3 is 15.8 Å². The van der Waals surface area contributed by atoms with Crippen LogP contribution in [0.2, 0.25) is 0 Å². The molecular weight excluding hydrogens is 336 g/mol. The van der Waals surface area contributed by atoms with E-state index in [4.69, 9.17) is 10.5 Å². The summed E-state index contributed by atoms with van der Waals surface area (Å²) in [5.41, 5.74) is 7.24. The van der Waals surface area contributed by atoms with Crippen molar-refractivity contribution in [2.24, 2.45) is 11.1 Å². The van der Waals surface area contributed by atoms with Gasteiger partial charge in [0.05, 0.1) is 6.61 Å². The van der Waals surface area contributed by atoms with Crippen molar-refractivity contribution in [3.05, 3.63) is 29.8 Å². The number of carbonyl (C=O) groups is 1. The molecule has 1 amide bonds. The lowest BCUT2D eigenvalue weighted by molar-refractivity contribution is -0.123. The van der Waals surface area contributed by atoms with E-state index in [9.17, 15) is 4.79 Å². The van der Waals surface area contributed by atoms with Gasteiger partial charge in [-0.25, -0.2) is 0 Å². The van der Waals surface area contributed by atoms with Crippen molar-refractivity contribution in [3.63, 3.8) is 0 Å². The van der Waals surface area contributed by atoms with Crippen molar-refractivity contribution in [3.8, 4) is 5.75 Å². The van der Waals surface area contributed by atoms with Gasteiger partial charge in [0, 0.05) is 13.0 Å². The second-order valence-electron chi connectivity index (χ2n) is 7.16. The van der Waals surface area contributed by atoms with Gasteiger partial charge in [-0.3, -0.25) is 4.79 Å². The Labute approximate surface area is 158 Å². The Balaban J connectivity index is 0.00000312. The first-order valence-corrected chi connectivity index (χ1v) is 9.30. The van der Waals surface area contributed by atoms with E-state index in [2.05, 4.69) is 12.2 Å². The van der Waals surface area contributed by atoms with Gasteiger partial charge in [0.1, 0.15) is 5.75 Å². The van der Waals surface area contributed by atoms with Crippen LogP contribution >= 0.6 is 12.4 Å². The Morgan fingerprint density at radius 2 is 1.84 bits per heavy atom. The number of carbonyl (C=O) groups excluding carboxylic acids is 1. The maximum absolute atomic E-state index is 12.2. The quantitative estimate of drug-likeness (QED) is 0.647. The molecule has 1 aliphatic rings. The molecule has 5 heteroatoms. The van der Waals surface area contributed by atoms with Crippen LogP contribution < -0.4 is 15.8 Å². The van der Waals surface area contributed by atoms with Crippen LogP contribution in [0.25, 0.3) is 0 Å². The fourth-order valence-electron chi connectivity index (χ4n) is 3.44. The molecule has 2 rings (SSSR count). The topological polar surface area (TPSA) is 64.3 Å². The van der Waals surface area contributed by atoms with Gasteiger partial charge in [-0.05, 0) is 56.7 Å². The van der Waals surface area contributed by atoms with Gasteiger partial charge in [0.15, 0.2) is 0 Å². The molecule has 0 heterocycles. The molecule has 1 aromatic carbocycles. The maximum atomic E-state index is 12.2. The molecule has 0 aromatic heterocycles. The first-order chi connectivity index (χ1) is 11.6. The molecule has 0 saturated heterocycles. The normalized spacial score (nSPS) is 15.9. The maximum Gasteiger partial charge on any atom is 0.220 e. The van der Waals surface area contributed by atoms with Gasteiger partial charge >= 0.3 is 0 Å². The fraction of sp³-hybridized carbons (Fsp3) is 0.650. The number of nitrogens with one attached hydrogen (secondary N) is 1. The highest BCUT2D eigenvalue weighted by molar-refractivity contribution is 5.85. The number of halogens is 1. The Bertz CT molecular complexity index is 499. The highest BCUT2D eigenvalue weighted by atomic mass is 35.5. The molecule has 25 heavy (non-hydrogen) atoms. The van der Waals surface area contributed by atoms with Gasteiger partial charge in [-0.1, -0.05) is 37.0 Å². The summed E-state index contributed by atoms with van der Waals surface area (Å²) in [5.74, 6) is 1.06. The monoisotopic (exact) mass is 368 g/mol. The minimum absolute atomic E-state index is 0. The van der Waals surface area contributed by atoms with Gasteiger partial charge in [-0.2, -0.15) is 0 Å². The molecule has 0 unspecified atom stereocenters. The first-order valence-electron chi connectivity index (χ1n) is 9.30. The van der Waals surface area contributed by atoms with E-state index in [1.807, 2.05) is 24.3 Å². The van der Waals surface area contributed by atoms with Crippen LogP contribution in [0.4, 0.5) is 0 Å². The predicted octanol–water partition coefficient (Wildman–Crippen LogP) is 3.99. The molecule has 1 aliphatic carbocycles.